The predicted octanol–water partition coefficient (Wildman–Crippen LogP) is 2.79. The van der Waals surface area contributed by atoms with E-state index >= 15 is 0 Å². The first-order valence-corrected chi connectivity index (χ1v) is 7.20. The van der Waals surface area contributed by atoms with Crippen molar-refractivity contribution in [3.8, 4) is 5.75 Å². The quantitative estimate of drug-likeness (QED) is 0.649. The first kappa shape index (κ1) is 15.0. The number of hydrogen-bond acceptors (Lipinski definition) is 4. The zero-order valence-electron chi connectivity index (χ0n) is 11.8. The third kappa shape index (κ3) is 2.87. The van der Waals surface area contributed by atoms with Crippen molar-refractivity contribution in [2.75, 3.05) is 7.11 Å². The summed E-state index contributed by atoms with van der Waals surface area (Å²) in [4.78, 5) is 0. The van der Waals surface area contributed by atoms with Gasteiger partial charge in [0.2, 0.25) is 0 Å². The third-order valence-electron chi connectivity index (χ3n) is 3.15. The van der Waals surface area contributed by atoms with Crippen LogP contribution in [0, 0.1) is 0 Å². The van der Waals surface area contributed by atoms with Crippen LogP contribution in [0.15, 0.2) is 34.9 Å². The number of aromatic nitrogens is 2. The number of ether oxygens (including phenoxy) is 1. The normalized spacial score (nSPS) is 12.7. The second-order valence-corrected chi connectivity index (χ2v) is 5.70. The molecule has 6 heteroatoms. The molecule has 1 aromatic carbocycles. The minimum Gasteiger partial charge on any atom is -0.493 e. The molecule has 0 spiro atoms. The Morgan fingerprint density at radius 1 is 1.30 bits per heavy atom. The molecular formula is C14H19BrN4O. The van der Waals surface area contributed by atoms with Gasteiger partial charge < -0.3 is 4.74 Å². The van der Waals surface area contributed by atoms with Gasteiger partial charge in [0.25, 0.3) is 0 Å². The maximum atomic E-state index is 5.77. The molecule has 0 amide bonds. The number of nitrogens with one attached hydrogen (secondary N) is 1. The van der Waals surface area contributed by atoms with Gasteiger partial charge in [0.15, 0.2) is 5.75 Å². The van der Waals surface area contributed by atoms with Gasteiger partial charge in [0, 0.05) is 10.5 Å². The smallest absolute Gasteiger partial charge is 0.161 e. The van der Waals surface area contributed by atoms with Crippen molar-refractivity contribution in [3.05, 3.63) is 46.2 Å². The standard InChI is InChI=1S/C14H19BrN4O/c1-9(2)19-14(12(20-3)8-17-19)13(18-16)10-4-6-11(15)7-5-10/h4-9,13,18H,16H2,1-3H3. The lowest BCUT2D eigenvalue weighted by atomic mass is 10.0. The molecule has 1 aromatic heterocycles. The van der Waals surface area contributed by atoms with Gasteiger partial charge in [0.05, 0.1) is 19.3 Å². The molecule has 2 rings (SSSR count). The van der Waals surface area contributed by atoms with E-state index < -0.39 is 0 Å². The zero-order chi connectivity index (χ0) is 14.7. The third-order valence-corrected chi connectivity index (χ3v) is 3.68. The van der Waals surface area contributed by atoms with Crippen molar-refractivity contribution < 1.29 is 4.74 Å². The van der Waals surface area contributed by atoms with Crippen LogP contribution in [0.1, 0.15) is 37.2 Å². The van der Waals surface area contributed by atoms with Crippen LogP contribution >= 0.6 is 15.9 Å². The molecule has 0 aliphatic rings. The van der Waals surface area contributed by atoms with Gasteiger partial charge in [-0.1, -0.05) is 28.1 Å². The molecular weight excluding hydrogens is 320 g/mol. The Morgan fingerprint density at radius 3 is 2.45 bits per heavy atom. The molecule has 3 N–H and O–H groups in total. The van der Waals surface area contributed by atoms with Gasteiger partial charge in [-0.3, -0.25) is 10.5 Å². The number of halogens is 1. The van der Waals surface area contributed by atoms with Gasteiger partial charge in [-0.15, -0.1) is 0 Å². The van der Waals surface area contributed by atoms with E-state index in [0.29, 0.717) is 0 Å². The van der Waals surface area contributed by atoms with Crippen molar-refractivity contribution in [3.63, 3.8) is 0 Å². The molecule has 0 fully saturated rings. The molecule has 20 heavy (non-hydrogen) atoms. The molecule has 5 nitrogen and oxygen atoms in total. The molecule has 108 valence electrons. The number of hydrogen-bond donors (Lipinski definition) is 2. The Balaban J connectivity index is 2.50. The van der Waals surface area contributed by atoms with Crippen LogP contribution in [0.4, 0.5) is 0 Å². The van der Waals surface area contributed by atoms with E-state index in [1.807, 2.05) is 28.9 Å². The number of nitrogens with two attached hydrogens (primary N) is 1. The van der Waals surface area contributed by atoms with E-state index in [-0.39, 0.29) is 12.1 Å². The number of benzene rings is 1. The van der Waals surface area contributed by atoms with Crippen molar-refractivity contribution in [2.45, 2.75) is 25.9 Å². The highest BCUT2D eigenvalue weighted by Crippen LogP contribution is 2.31. The monoisotopic (exact) mass is 338 g/mol. The largest absolute Gasteiger partial charge is 0.493 e. The second kappa shape index (κ2) is 6.39. The minimum absolute atomic E-state index is 0.178. The Kier molecular flexibility index (Phi) is 4.80. The fourth-order valence-corrected chi connectivity index (χ4v) is 2.45. The molecule has 0 bridgehead atoms. The summed E-state index contributed by atoms with van der Waals surface area (Å²) in [5, 5.41) is 4.39. The lowest BCUT2D eigenvalue weighted by Gasteiger charge is -2.21. The maximum Gasteiger partial charge on any atom is 0.161 e. The van der Waals surface area contributed by atoms with E-state index in [4.69, 9.17) is 10.6 Å². The summed E-state index contributed by atoms with van der Waals surface area (Å²) in [7, 11) is 1.64. The molecule has 0 saturated carbocycles. The highest BCUT2D eigenvalue weighted by molar-refractivity contribution is 9.10. The Hall–Kier alpha value is -1.37. The van der Waals surface area contributed by atoms with Gasteiger partial charge >= 0.3 is 0 Å². The molecule has 0 aliphatic heterocycles. The SMILES string of the molecule is COc1cnn(C(C)C)c1C(NN)c1ccc(Br)cc1. The van der Waals surface area contributed by atoms with E-state index in [2.05, 4.69) is 40.3 Å². The van der Waals surface area contributed by atoms with Crippen LogP contribution in [0.3, 0.4) is 0 Å². The number of rotatable bonds is 5. The van der Waals surface area contributed by atoms with Crippen molar-refractivity contribution >= 4 is 15.9 Å². The molecule has 1 atom stereocenters. The summed E-state index contributed by atoms with van der Waals surface area (Å²) in [6, 6.07) is 8.06. The Morgan fingerprint density at radius 2 is 1.95 bits per heavy atom. The topological polar surface area (TPSA) is 65.1 Å². The first-order valence-electron chi connectivity index (χ1n) is 6.41. The number of hydrazine groups is 1. The molecule has 0 radical (unpaired) electrons. The second-order valence-electron chi connectivity index (χ2n) is 4.79. The number of nitrogens with zero attached hydrogens (tertiary/aromatic N) is 2. The highest BCUT2D eigenvalue weighted by Gasteiger charge is 2.23. The average molecular weight is 339 g/mol. The van der Waals surface area contributed by atoms with Gasteiger partial charge in [0.1, 0.15) is 5.69 Å². The summed E-state index contributed by atoms with van der Waals surface area (Å²) >= 11 is 3.44. The molecule has 0 saturated heterocycles. The summed E-state index contributed by atoms with van der Waals surface area (Å²) in [6.07, 6.45) is 1.72. The van der Waals surface area contributed by atoms with Gasteiger partial charge in [-0.05, 0) is 31.5 Å². The summed E-state index contributed by atoms with van der Waals surface area (Å²) in [5.74, 6) is 6.49. The average Bonchev–Trinajstić information content (AvgIpc) is 2.86. The van der Waals surface area contributed by atoms with Crippen LogP contribution < -0.4 is 16.0 Å². The first-order chi connectivity index (χ1) is 9.58. The van der Waals surface area contributed by atoms with Crippen LogP contribution in [-0.4, -0.2) is 16.9 Å². The minimum atomic E-state index is -0.178. The van der Waals surface area contributed by atoms with Crippen molar-refractivity contribution in [2.24, 2.45) is 5.84 Å². The zero-order valence-corrected chi connectivity index (χ0v) is 13.4. The summed E-state index contributed by atoms with van der Waals surface area (Å²) in [5.41, 5.74) is 4.83. The van der Waals surface area contributed by atoms with Crippen LogP contribution in [0.25, 0.3) is 0 Å². The maximum absolute atomic E-state index is 5.77. The Bertz CT molecular complexity index is 565. The van der Waals surface area contributed by atoms with Crippen LogP contribution in [0.2, 0.25) is 0 Å². The fourth-order valence-electron chi connectivity index (χ4n) is 2.19. The molecule has 0 aliphatic carbocycles. The van der Waals surface area contributed by atoms with Gasteiger partial charge in [-0.2, -0.15) is 5.10 Å². The van der Waals surface area contributed by atoms with E-state index in [0.717, 1.165) is 21.5 Å². The van der Waals surface area contributed by atoms with E-state index in [1.165, 1.54) is 0 Å². The summed E-state index contributed by atoms with van der Waals surface area (Å²) < 4.78 is 8.37. The van der Waals surface area contributed by atoms with Gasteiger partial charge in [-0.25, -0.2) is 5.43 Å². The predicted molar refractivity (Wildman–Crippen MR) is 82.5 cm³/mol. The van der Waals surface area contributed by atoms with Crippen molar-refractivity contribution in [1.82, 2.24) is 15.2 Å². The van der Waals surface area contributed by atoms with Crippen molar-refractivity contribution in [1.29, 1.82) is 0 Å². The molecule has 1 unspecified atom stereocenters. The summed E-state index contributed by atoms with van der Waals surface area (Å²) in [6.45, 7) is 4.15. The lowest BCUT2D eigenvalue weighted by Crippen LogP contribution is -2.31. The lowest BCUT2D eigenvalue weighted by molar-refractivity contribution is 0.394. The van der Waals surface area contributed by atoms with E-state index in [1.54, 1.807) is 13.3 Å². The molecule has 1 heterocycles. The highest BCUT2D eigenvalue weighted by atomic mass is 79.9. The number of methoxy groups -OCH3 is 1. The Labute approximate surface area is 127 Å². The van der Waals surface area contributed by atoms with E-state index in [9.17, 15) is 0 Å². The fraction of sp³-hybridized carbons (Fsp3) is 0.357. The van der Waals surface area contributed by atoms with Crippen LogP contribution in [0.5, 0.6) is 5.75 Å². The molecule has 2 aromatic rings. The van der Waals surface area contributed by atoms with Crippen LogP contribution in [-0.2, 0) is 0 Å².